The molecular formula is C22H25N3O4. The number of aromatic hydroxyl groups is 1. The average Bonchev–Trinajstić information content (AvgIpc) is 3.22. The van der Waals surface area contributed by atoms with E-state index in [-0.39, 0.29) is 29.7 Å². The van der Waals surface area contributed by atoms with E-state index in [1.54, 1.807) is 28.0 Å². The Kier molecular flexibility index (Phi) is 5.67. The molecule has 7 heteroatoms. The molecule has 2 N–H and O–H groups in total. The van der Waals surface area contributed by atoms with Crippen LogP contribution in [0, 0.1) is 0 Å². The number of phenolic OH excluding ortho intramolecular Hbond substituents is 1. The Labute approximate surface area is 169 Å². The number of para-hydroxylation sites is 2. The van der Waals surface area contributed by atoms with E-state index in [1.165, 1.54) is 6.07 Å². The largest absolute Gasteiger partial charge is 0.507 e. The van der Waals surface area contributed by atoms with Crippen molar-refractivity contribution in [2.45, 2.75) is 18.6 Å². The standard InChI is InChI=1S/C22H25N3O4/c26-20-9-5-4-8-18(20)21(27)24-10-12-25(13-11-24)22(28)19-14-17(15-23-19)29-16-6-2-1-3-7-16/h1-9,17,19,23,26H,10-15H2/t17-,19-/m0/s1. The second-order valence-corrected chi connectivity index (χ2v) is 7.38. The summed E-state index contributed by atoms with van der Waals surface area (Å²) in [6.07, 6.45) is 0.598. The summed E-state index contributed by atoms with van der Waals surface area (Å²) in [6, 6.07) is 15.9. The Balaban J connectivity index is 1.28. The van der Waals surface area contributed by atoms with E-state index < -0.39 is 0 Å². The molecule has 0 aromatic heterocycles. The van der Waals surface area contributed by atoms with Crippen LogP contribution in [0.25, 0.3) is 0 Å². The smallest absolute Gasteiger partial charge is 0.257 e. The van der Waals surface area contributed by atoms with E-state index >= 15 is 0 Å². The van der Waals surface area contributed by atoms with Gasteiger partial charge >= 0.3 is 0 Å². The van der Waals surface area contributed by atoms with Crippen LogP contribution in [0.5, 0.6) is 11.5 Å². The number of benzene rings is 2. The third kappa shape index (κ3) is 4.35. The first kappa shape index (κ1) is 19.3. The van der Waals surface area contributed by atoms with Crippen LogP contribution in [-0.4, -0.2) is 71.6 Å². The van der Waals surface area contributed by atoms with E-state index in [0.29, 0.717) is 44.7 Å². The number of phenols is 1. The monoisotopic (exact) mass is 395 g/mol. The minimum absolute atomic E-state index is 0.0179. The normalized spacial score (nSPS) is 21.8. The Morgan fingerprint density at radius 2 is 1.59 bits per heavy atom. The van der Waals surface area contributed by atoms with Crippen LogP contribution in [0.1, 0.15) is 16.8 Å². The molecule has 152 valence electrons. The first-order chi connectivity index (χ1) is 14.1. The maximum absolute atomic E-state index is 12.9. The summed E-state index contributed by atoms with van der Waals surface area (Å²) in [5.41, 5.74) is 0.297. The average molecular weight is 395 g/mol. The second-order valence-electron chi connectivity index (χ2n) is 7.38. The van der Waals surface area contributed by atoms with Crippen molar-refractivity contribution in [3.05, 3.63) is 60.2 Å². The zero-order valence-electron chi connectivity index (χ0n) is 16.2. The van der Waals surface area contributed by atoms with Crippen molar-refractivity contribution in [3.63, 3.8) is 0 Å². The van der Waals surface area contributed by atoms with Crippen molar-refractivity contribution in [1.29, 1.82) is 0 Å². The van der Waals surface area contributed by atoms with Crippen LogP contribution in [-0.2, 0) is 4.79 Å². The first-order valence-electron chi connectivity index (χ1n) is 9.93. The Hall–Kier alpha value is -3.06. The van der Waals surface area contributed by atoms with Gasteiger partial charge in [-0.15, -0.1) is 0 Å². The van der Waals surface area contributed by atoms with Gasteiger partial charge in [0.2, 0.25) is 5.91 Å². The van der Waals surface area contributed by atoms with Gasteiger partial charge in [-0.25, -0.2) is 0 Å². The van der Waals surface area contributed by atoms with Crippen molar-refractivity contribution < 1.29 is 19.4 Å². The molecule has 2 fully saturated rings. The Morgan fingerprint density at radius 1 is 0.931 bits per heavy atom. The SMILES string of the molecule is O=C(c1ccccc1O)N1CCN(C(=O)[C@@H]2C[C@H](Oc3ccccc3)CN2)CC1. The molecule has 7 nitrogen and oxygen atoms in total. The molecule has 2 aromatic rings. The van der Waals surface area contributed by atoms with Crippen molar-refractivity contribution in [3.8, 4) is 11.5 Å². The topological polar surface area (TPSA) is 82.1 Å². The highest BCUT2D eigenvalue weighted by molar-refractivity contribution is 5.97. The summed E-state index contributed by atoms with van der Waals surface area (Å²) in [6.45, 7) is 2.52. The van der Waals surface area contributed by atoms with Gasteiger partial charge in [0, 0.05) is 39.1 Å². The minimum atomic E-state index is -0.260. The number of hydrogen-bond acceptors (Lipinski definition) is 5. The summed E-state index contributed by atoms with van der Waals surface area (Å²) < 4.78 is 5.94. The second kappa shape index (κ2) is 8.53. The molecular weight excluding hydrogens is 370 g/mol. The van der Waals surface area contributed by atoms with Crippen LogP contribution in [0.4, 0.5) is 0 Å². The van der Waals surface area contributed by atoms with Crippen LogP contribution in [0.2, 0.25) is 0 Å². The molecule has 0 bridgehead atoms. The molecule has 2 aliphatic heterocycles. The molecule has 2 atom stereocenters. The lowest BCUT2D eigenvalue weighted by molar-refractivity contribution is -0.134. The summed E-state index contributed by atoms with van der Waals surface area (Å²) >= 11 is 0. The molecule has 2 amide bonds. The van der Waals surface area contributed by atoms with Gasteiger partial charge in [-0.3, -0.25) is 9.59 Å². The third-order valence-electron chi connectivity index (χ3n) is 5.45. The van der Waals surface area contributed by atoms with Crippen LogP contribution in [0.3, 0.4) is 0 Å². The zero-order chi connectivity index (χ0) is 20.2. The minimum Gasteiger partial charge on any atom is -0.507 e. The van der Waals surface area contributed by atoms with E-state index in [0.717, 1.165) is 5.75 Å². The molecule has 29 heavy (non-hydrogen) atoms. The first-order valence-corrected chi connectivity index (χ1v) is 9.93. The highest BCUT2D eigenvalue weighted by atomic mass is 16.5. The van der Waals surface area contributed by atoms with Gasteiger partial charge in [0.15, 0.2) is 0 Å². The lowest BCUT2D eigenvalue weighted by Crippen LogP contribution is -2.54. The van der Waals surface area contributed by atoms with E-state index in [9.17, 15) is 14.7 Å². The lowest BCUT2D eigenvalue weighted by atomic mass is 10.1. The van der Waals surface area contributed by atoms with E-state index in [1.807, 2.05) is 30.3 Å². The number of ether oxygens (including phenoxy) is 1. The molecule has 0 aliphatic carbocycles. The maximum atomic E-state index is 12.9. The highest BCUT2D eigenvalue weighted by Gasteiger charge is 2.35. The number of carbonyl (C=O) groups is 2. The number of nitrogens with zero attached hydrogens (tertiary/aromatic N) is 2. The predicted octanol–water partition coefficient (Wildman–Crippen LogP) is 1.49. The zero-order valence-corrected chi connectivity index (χ0v) is 16.2. The highest BCUT2D eigenvalue weighted by Crippen LogP contribution is 2.21. The maximum Gasteiger partial charge on any atom is 0.257 e. The van der Waals surface area contributed by atoms with Gasteiger partial charge in [-0.2, -0.15) is 0 Å². The molecule has 0 radical (unpaired) electrons. The molecule has 2 aliphatic rings. The number of piperazine rings is 1. The van der Waals surface area contributed by atoms with Gasteiger partial charge in [0.25, 0.3) is 5.91 Å². The van der Waals surface area contributed by atoms with Gasteiger partial charge in [0.05, 0.1) is 11.6 Å². The van der Waals surface area contributed by atoms with Crippen molar-refractivity contribution in [2.24, 2.45) is 0 Å². The van der Waals surface area contributed by atoms with Crippen molar-refractivity contribution in [2.75, 3.05) is 32.7 Å². The van der Waals surface area contributed by atoms with Crippen molar-refractivity contribution >= 4 is 11.8 Å². The number of rotatable bonds is 4. The summed E-state index contributed by atoms with van der Waals surface area (Å²) in [5.74, 6) is 0.642. The number of hydrogen-bond donors (Lipinski definition) is 2. The van der Waals surface area contributed by atoms with E-state index in [2.05, 4.69) is 5.32 Å². The molecule has 0 unspecified atom stereocenters. The molecule has 2 aromatic carbocycles. The van der Waals surface area contributed by atoms with Crippen LogP contribution >= 0.6 is 0 Å². The van der Waals surface area contributed by atoms with Gasteiger partial charge in [-0.1, -0.05) is 30.3 Å². The van der Waals surface area contributed by atoms with Crippen LogP contribution < -0.4 is 10.1 Å². The summed E-state index contributed by atoms with van der Waals surface area (Å²) in [7, 11) is 0. The fraction of sp³-hybridized carbons (Fsp3) is 0.364. The molecule has 0 spiro atoms. The van der Waals surface area contributed by atoms with Crippen LogP contribution in [0.15, 0.2) is 54.6 Å². The van der Waals surface area contributed by atoms with Gasteiger partial charge in [0.1, 0.15) is 17.6 Å². The Morgan fingerprint density at radius 3 is 2.31 bits per heavy atom. The molecule has 4 rings (SSSR count). The third-order valence-corrected chi connectivity index (χ3v) is 5.45. The fourth-order valence-electron chi connectivity index (χ4n) is 3.85. The summed E-state index contributed by atoms with van der Waals surface area (Å²) in [4.78, 5) is 29.0. The van der Waals surface area contributed by atoms with Gasteiger partial charge in [-0.05, 0) is 24.3 Å². The van der Waals surface area contributed by atoms with Crippen molar-refractivity contribution in [1.82, 2.24) is 15.1 Å². The fourth-order valence-corrected chi connectivity index (χ4v) is 3.85. The number of nitrogens with one attached hydrogen (secondary N) is 1. The van der Waals surface area contributed by atoms with Gasteiger partial charge < -0.3 is 25.0 Å². The number of amides is 2. The Bertz CT molecular complexity index is 865. The quantitative estimate of drug-likeness (QED) is 0.820. The molecule has 0 saturated carbocycles. The van der Waals surface area contributed by atoms with E-state index in [4.69, 9.17) is 4.74 Å². The predicted molar refractivity (Wildman–Crippen MR) is 108 cm³/mol. The molecule has 2 heterocycles. The molecule has 2 saturated heterocycles. The summed E-state index contributed by atoms with van der Waals surface area (Å²) in [5, 5.41) is 13.2. The number of carbonyl (C=O) groups excluding carboxylic acids is 2. The lowest BCUT2D eigenvalue weighted by Gasteiger charge is -2.36.